The fraction of sp³-hybridized carbons (Fsp3) is 0.667. The first kappa shape index (κ1) is 13.7. The van der Waals surface area contributed by atoms with Crippen molar-refractivity contribution in [2.45, 2.75) is 25.9 Å². The Morgan fingerprint density at radius 2 is 2.13 bits per heavy atom. The van der Waals surface area contributed by atoms with Crippen molar-refractivity contribution in [2.75, 3.05) is 6.61 Å². The van der Waals surface area contributed by atoms with Crippen molar-refractivity contribution in [2.24, 2.45) is 5.92 Å². The number of carbonyl (C=O) groups is 1. The topological polar surface area (TPSA) is 43.4 Å². The minimum Gasteiger partial charge on any atom is -0.466 e. The van der Waals surface area contributed by atoms with Crippen molar-refractivity contribution in [1.82, 2.24) is 0 Å². The van der Waals surface area contributed by atoms with Gasteiger partial charge in [0.2, 0.25) is 0 Å². The van der Waals surface area contributed by atoms with Crippen LogP contribution in [-0.2, 0) is 14.3 Å². The summed E-state index contributed by atoms with van der Waals surface area (Å²) in [6, 6.07) is 0. The number of allylic oxidation sites excluding steroid dienone is 1. The molecule has 0 amide bonds. The zero-order chi connectivity index (χ0) is 11.9. The Morgan fingerprint density at radius 3 is 2.53 bits per heavy atom. The highest BCUT2D eigenvalue weighted by molar-refractivity contribution is 5.73. The normalized spacial score (nSPS) is 12.8. The Labute approximate surface area is 84.9 Å². The van der Waals surface area contributed by atoms with Gasteiger partial charge in [-0.1, -0.05) is 0 Å². The molecule has 0 N–H and O–H groups in total. The molecule has 86 valence electrons. The maximum atomic E-state index is 12.0. The molecule has 0 aliphatic rings. The molecule has 1 unspecified atom stereocenters. The highest BCUT2D eigenvalue weighted by atomic mass is 19.4. The summed E-state index contributed by atoms with van der Waals surface area (Å²) < 4.78 is 40.5. The van der Waals surface area contributed by atoms with Gasteiger partial charge in [0.15, 0.2) is 0 Å². The minimum absolute atomic E-state index is 0.0119. The number of carbonyl (C=O) groups excluding carboxylic acids is 2. The second-order valence-electron chi connectivity index (χ2n) is 2.83. The van der Waals surface area contributed by atoms with E-state index in [1.54, 1.807) is 0 Å². The lowest BCUT2D eigenvalue weighted by Gasteiger charge is -2.14. The molecule has 0 saturated carbocycles. The highest BCUT2D eigenvalue weighted by Crippen LogP contribution is 2.27. The molecule has 1 atom stereocenters. The van der Waals surface area contributed by atoms with Gasteiger partial charge in [0, 0.05) is 6.08 Å². The van der Waals surface area contributed by atoms with Crippen LogP contribution in [0.3, 0.4) is 0 Å². The molecule has 0 bridgehead atoms. The van der Waals surface area contributed by atoms with Crippen LogP contribution in [-0.4, -0.2) is 24.7 Å². The molecule has 0 fully saturated rings. The molecule has 6 heteroatoms. The van der Waals surface area contributed by atoms with E-state index >= 15 is 0 Å². The van der Waals surface area contributed by atoms with Crippen LogP contribution in [0.2, 0.25) is 0 Å². The summed E-state index contributed by atoms with van der Waals surface area (Å²) >= 11 is 0. The molecular formula is C9H11F3O3. The molecule has 0 aliphatic heterocycles. The first-order valence-corrected chi connectivity index (χ1v) is 4.33. The summed E-state index contributed by atoms with van der Waals surface area (Å²) in [5.74, 6) is -0.968. The average Bonchev–Trinajstić information content (AvgIpc) is 2.10. The third-order valence-electron chi connectivity index (χ3n) is 1.58. The summed E-state index contributed by atoms with van der Waals surface area (Å²) in [5, 5.41) is 0. The number of hydrogen-bond acceptors (Lipinski definition) is 3. The Bertz CT molecular complexity index is 254. The van der Waals surface area contributed by atoms with Crippen LogP contribution < -0.4 is 0 Å². The summed E-state index contributed by atoms with van der Waals surface area (Å²) in [6.07, 6.45) is -5.19. The summed E-state index contributed by atoms with van der Waals surface area (Å²) in [5.41, 5.74) is 0. The van der Waals surface area contributed by atoms with E-state index in [0.717, 1.165) is 6.08 Å². The molecule has 0 heterocycles. The van der Waals surface area contributed by atoms with Crippen LogP contribution in [0.25, 0.3) is 0 Å². The van der Waals surface area contributed by atoms with Gasteiger partial charge in [0.1, 0.15) is 5.94 Å². The molecular weight excluding hydrogens is 213 g/mol. The van der Waals surface area contributed by atoms with Gasteiger partial charge in [0.05, 0.1) is 18.9 Å². The SMILES string of the molecule is CCOC(=O)C(CC=C=O)CC(F)(F)F. The Hall–Kier alpha value is -1.29. The van der Waals surface area contributed by atoms with Gasteiger partial charge in [-0.25, -0.2) is 4.79 Å². The lowest BCUT2D eigenvalue weighted by Crippen LogP contribution is -2.24. The average molecular weight is 224 g/mol. The van der Waals surface area contributed by atoms with Gasteiger partial charge in [0.25, 0.3) is 0 Å². The Balaban J connectivity index is 4.43. The van der Waals surface area contributed by atoms with Gasteiger partial charge in [-0.3, -0.25) is 4.79 Å². The number of esters is 1. The van der Waals surface area contributed by atoms with Crippen molar-refractivity contribution < 1.29 is 27.5 Å². The monoisotopic (exact) mass is 224 g/mol. The van der Waals surface area contributed by atoms with E-state index in [4.69, 9.17) is 0 Å². The first-order valence-electron chi connectivity index (χ1n) is 4.33. The smallest absolute Gasteiger partial charge is 0.389 e. The summed E-state index contributed by atoms with van der Waals surface area (Å²) in [7, 11) is 0. The van der Waals surface area contributed by atoms with E-state index in [1.807, 2.05) is 0 Å². The molecule has 0 aliphatic carbocycles. The van der Waals surface area contributed by atoms with Crippen LogP contribution in [0.15, 0.2) is 6.08 Å². The second kappa shape index (κ2) is 6.24. The zero-order valence-corrected chi connectivity index (χ0v) is 8.13. The van der Waals surface area contributed by atoms with E-state index in [2.05, 4.69) is 4.74 Å². The van der Waals surface area contributed by atoms with E-state index < -0.39 is 24.5 Å². The van der Waals surface area contributed by atoms with Crippen molar-refractivity contribution >= 4 is 11.9 Å². The quantitative estimate of drug-likeness (QED) is 0.529. The maximum Gasteiger partial charge on any atom is 0.389 e. The third kappa shape index (κ3) is 6.74. The lowest BCUT2D eigenvalue weighted by atomic mass is 10.0. The fourth-order valence-electron chi connectivity index (χ4n) is 0.993. The molecule has 15 heavy (non-hydrogen) atoms. The largest absolute Gasteiger partial charge is 0.466 e. The van der Waals surface area contributed by atoms with Gasteiger partial charge >= 0.3 is 12.1 Å². The highest BCUT2D eigenvalue weighted by Gasteiger charge is 2.35. The van der Waals surface area contributed by atoms with Crippen LogP contribution in [0, 0.1) is 5.92 Å². The molecule has 3 nitrogen and oxygen atoms in total. The van der Waals surface area contributed by atoms with Crippen molar-refractivity contribution in [3.8, 4) is 0 Å². The summed E-state index contributed by atoms with van der Waals surface area (Å²) in [4.78, 5) is 20.9. The van der Waals surface area contributed by atoms with Gasteiger partial charge in [-0.05, 0) is 13.3 Å². The number of ether oxygens (including phenoxy) is 1. The minimum atomic E-state index is -4.45. The number of rotatable bonds is 5. The summed E-state index contributed by atoms with van der Waals surface area (Å²) in [6.45, 7) is 1.51. The first-order chi connectivity index (χ1) is 6.90. The fourth-order valence-corrected chi connectivity index (χ4v) is 0.993. The van der Waals surface area contributed by atoms with Crippen LogP contribution >= 0.6 is 0 Å². The lowest BCUT2D eigenvalue weighted by molar-refractivity contribution is -0.167. The van der Waals surface area contributed by atoms with Crippen molar-refractivity contribution in [3.05, 3.63) is 6.08 Å². The number of halogens is 3. The van der Waals surface area contributed by atoms with E-state index in [0.29, 0.717) is 0 Å². The van der Waals surface area contributed by atoms with Gasteiger partial charge < -0.3 is 4.74 Å². The van der Waals surface area contributed by atoms with E-state index in [1.165, 1.54) is 12.9 Å². The second-order valence-corrected chi connectivity index (χ2v) is 2.83. The number of alkyl halides is 3. The molecule has 0 saturated heterocycles. The van der Waals surface area contributed by atoms with Gasteiger partial charge in [-0.2, -0.15) is 13.2 Å². The number of hydrogen-bond donors (Lipinski definition) is 0. The Kier molecular flexibility index (Phi) is 5.70. The molecule has 0 rings (SSSR count). The zero-order valence-electron chi connectivity index (χ0n) is 8.13. The van der Waals surface area contributed by atoms with Crippen molar-refractivity contribution in [1.29, 1.82) is 0 Å². The van der Waals surface area contributed by atoms with Crippen LogP contribution in [0.5, 0.6) is 0 Å². The van der Waals surface area contributed by atoms with E-state index in [9.17, 15) is 22.8 Å². The van der Waals surface area contributed by atoms with E-state index in [-0.39, 0.29) is 13.0 Å². The van der Waals surface area contributed by atoms with Gasteiger partial charge in [-0.15, -0.1) is 0 Å². The molecule has 0 aromatic carbocycles. The van der Waals surface area contributed by atoms with Crippen LogP contribution in [0.4, 0.5) is 13.2 Å². The third-order valence-corrected chi connectivity index (χ3v) is 1.58. The maximum absolute atomic E-state index is 12.0. The molecule has 0 aromatic heterocycles. The standard InChI is InChI=1S/C9H11F3O3/c1-2-15-8(14)7(4-3-5-13)6-9(10,11)12/h3,7H,2,4,6H2,1H3. The van der Waals surface area contributed by atoms with Crippen LogP contribution in [0.1, 0.15) is 19.8 Å². The van der Waals surface area contributed by atoms with Crippen molar-refractivity contribution in [3.63, 3.8) is 0 Å². The molecule has 0 spiro atoms. The Morgan fingerprint density at radius 1 is 1.53 bits per heavy atom. The predicted molar refractivity (Wildman–Crippen MR) is 45.7 cm³/mol. The molecule has 0 aromatic rings. The predicted octanol–water partition coefficient (Wildman–Crippen LogP) is 1.90. The molecule has 0 radical (unpaired) electrons.